The molecule has 1 saturated heterocycles. The topological polar surface area (TPSA) is 75.7 Å². The lowest BCUT2D eigenvalue weighted by atomic mass is 10.0. The van der Waals surface area contributed by atoms with Crippen LogP contribution in [0.5, 0.6) is 0 Å². The Bertz CT molecular complexity index is 604. The molecule has 2 amide bonds. The summed E-state index contributed by atoms with van der Waals surface area (Å²) in [5.41, 5.74) is 1.74. The molecule has 1 aliphatic rings. The SMILES string of the molecule is COCC(=O)N1CCC(NC(=O)CCC(=O)c2ccc(C)cc2)CC1. The summed E-state index contributed by atoms with van der Waals surface area (Å²) < 4.78 is 4.85. The van der Waals surface area contributed by atoms with Gasteiger partial charge in [-0.3, -0.25) is 14.4 Å². The third kappa shape index (κ3) is 5.98. The van der Waals surface area contributed by atoms with E-state index in [4.69, 9.17) is 4.74 Å². The summed E-state index contributed by atoms with van der Waals surface area (Å²) in [5, 5.41) is 2.97. The van der Waals surface area contributed by atoms with Crippen molar-refractivity contribution in [2.75, 3.05) is 26.8 Å². The van der Waals surface area contributed by atoms with Gasteiger partial charge in [0.15, 0.2) is 5.78 Å². The van der Waals surface area contributed by atoms with Gasteiger partial charge in [-0.25, -0.2) is 0 Å². The summed E-state index contributed by atoms with van der Waals surface area (Å²) >= 11 is 0. The van der Waals surface area contributed by atoms with Gasteiger partial charge < -0.3 is 15.0 Å². The molecule has 1 heterocycles. The van der Waals surface area contributed by atoms with Gasteiger partial charge in [-0.05, 0) is 19.8 Å². The fourth-order valence-electron chi connectivity index (χ4n) is 2.90. The van der Waals surface area contributed by atoms with Crippen LogP contribution in [0.25, 0.3) is 0 Å². The number of benzene rings is 1. The van der Waals surface area contributed by atoms with E-state index in [1.54, 1.807) is 17.0 Å². The monoisotopic (exact) mass is 346 g/mol. The number of aryl methyl sites for hydroxylation is 1. The second-order valence-corrected chi connectivity index (χ2v) is 6.44. The van der Waals surface area contributed by atoms with Crippen LogP contribution >= 0.6 is 0 Å². The lowest BCUT2D eigenvalue weighted by Gasteiger charge is -2.32. The highest BCUT2D eigenvalue weighted by Crippen LogP contribution is 2.12. The molecule has 1 fully saturated rings. The molecule has 0 unspecified atom stereocenters. The van der Waals surface area contributed by atoms with E-state index in [1.807, 2.05) is 19.1 Å². The van der Waals surface area contributed by atoms with Crippen molar-refractivity contribution in [1.82, 2.24) is 10.2 Å². The Morgan fingerprint density at radius 3 is 2.36 bits per heavy atom. The molecule has 0 aliphatic carbocycles. The average molecular weight is 346 g/mol. The van der Waals surface area contributed by atoms with Gasteiger partial charge in [0.05, 0.1) is 0 Å². The average Bonchev–Trinajstić information content (AvgIpc) is 2.61. The first kappa shape index (κ1) is 19.1. The number of rotatable bonds is 7. The first-order chi connectivity index (χ1) is 12.0. The highest BCUT2D eigenvalue weighted by molar-refractivity contribution is 5.98. The number of hydrogen-bond donors (Lipinski definition) is 1. The van der Waals surface area contributed by atoms with Crippen LogP contribution in [0, 0.1) is 6.92 Å². The minimum Gasteiger partial charge on any atom is -0.375 e. The third-order valence-electron chi connectivity index (χ3n) is 4.43. The summed E-state index contributed by atoms with van der Waals surface area (Å²) in [7, 11) is 1.50. The first-order valence-corrected chi connectivity index (χ1v) is 8.65. The van der Waals surface area contributed by atoms with Crippen molar-refractivity contribution in [2.45, 2.75) is 38.6 Å². The van der Waals surface area contributed by atoms with E-state index < -0.39 is 0 Å². The summed E-state index contributed by atoms with van der Waals surface area (Å²) in [5.74, 6) is -0.145. The molecule has 0 radical (unpaired) electrons. The van der Waals surface area contributed by atoms with Crippen molar-refractivity contribution in [2.24, 2.45) is 0 Å². The Morgan fingerprint density at radius 1 is 1.12 bits per heavy atom. The summed E-state index contributed by atoms with van der Waals surface area (Å²) in [6.07, 6.45) is 1.86. The standard InChI is InChI=1S/C19H26N2O4/c1-14-3-5-15(6-4-14)17(22)7-8-18(23)20-16-9-11-21(12-10-16)19(24)13-25-2/h3-6,16H,7-13H2,1-2H3,(H,20,23). The predicted octanol–water partition coefficient (Wildman–Crippen LogP) is 1.71. The van der Waals surface area contributed by atoms with Crippen molar-refractivity contribution < 1.29 is 19.1 Å². The highest BCUT2D eigenvalue weighted by Gasteiger charge is 2.23. The number of ketones is 1. The quantitative estimate of drug-likeness (QED) is 0.763. The van der Waals surface area contributed by atoms with Crippen molar-refractivity contribution in [3.05, 3.63) is 35.4 Å². The van der Waals surface area contributed by atoms with Crippen molar-refractivity contribution in [3.63, 3.8) is 0 Å². The summed E-state index contributed by atoms with van der Waals surface area (Å²) in [6.45, 7) is 3.30. The van der Waals surface area contributed by atoms with E-state index in [2.05, 4.69) is 5.32 Å². The molecule has 0 aromatic heterocycles. The minimum atomic E-state index is -0.109. The number of methoxy groups -OCH3 is 1. The molecule has 0 spiro atoms. The molecule has 25 heavy (non-hydrogen) atoms. The van der Waals surface area contributed by atoms with E-state index in [0.717, 1.165) is 18.4 Å². The Kier molecular flexibility index (Phi) is 7.13. The minimum absolute atomic E-state index is 0.0176. The van der Waals surface area contributed by atoms with E-state index in [9.17, 15) is 14.4 Å². The number of piperidine rings is 1. The molecule has 1 aromatic rings. The van der Waals surface area contributed by atoms with E-state index in [0.29, 0.717) is 18.7 Å². The van der Waals surface area contributed by atoms with Crippen molar-refractivity contribution in [1.29, 1.82) is 0 Å². The van der Waals surface area contributed by atoms with Crippen LogP contribution in [-0.2, 0) is 14.3 Å². The zero-order valence-corrected chi connectivity index (χ0v) is 14.9. The van der Waals surface area contributed by atoms with Crippen LogP contribution < -0.4 is 5.32 Å². The normalized spacial score (nSPS) is 15.0. The number of carbonyl (C=O) groups is 3. The largest absolute Gasteiger partial charge is 0.375 e. The zero-order chi connectivity index (χ0) is 18.2. The smallest absolute Gasteiger partial charge is 0.248 e. The summed E-state index contributed by atoms with van der Waals surface area (Å²) in [6, 6.07) is 7.44. The molecule has 6 nitrogen and oxygen atoms in total. The lowest BCUT2D eigenvalue weighted by molar-refractivity contribution is -0.136. The molecule has 0 saturated carbocycles. The zero-order valence-electron chi connectivity index (χ0n) is 14.9. The molecule has 1 aliphatic heterocycles. The van der Waals surface area contributed by atoms with Gasteiger partial charge in [0.1, 0.15) is 6.61 Å². The van der Waals surface area contributed by atoms with Crippen LogP contribution in [0.1, 0.15) is 41.6 Å². The maximum Gasteiger partial charge on any atom is 0.248 e. The number of nitrogens with one attached hydrogen (secondary N) is 1. The van der Waals surface area contributed by atoms with Crippen LogP contribution in [0.3, 0.4) is 0 Å². The van der Waals surface area contributed by atoms with E-state index in [-0.39, 0.29) is 43.1 Å². The molecular formula is C19H26N2O4. The number of amides is 2. The second-order valence-electron chi connectivity index (χ2n) is 6.44. The number of hydrogen-bond acceptors (Lipinski definition) is 4. The molecule has 6 heteroatoms. The fraction of sp³-hybridized carbons (Fsp3) is 0.526. The van der Waals surface area contributed by atoms with Crippen LogP contribution in [0.2, 0.25) is 0 Å². The second kappa shape index (κ2) is 9.32. The van der Waals surface area contributed by atoms with Gasteiger partial charge in [0.2, 0.25) is 11.8 Å². The Morgan fingerprint density at radius 2 is 1.76 bits per heavy atom. The molecule has 0 atom stereocenters. The van der Waals surface area contributed by atoms with Crippen LogP contribution in [0.15, 0.2) is 24.3 Å². The van der Waals surface area contributed by atoms with Crippen LogP contribution in [-0.4, -0.2) is 55.3 Å². The van der Waals surface area contributed by atoms with Gasteiger partial charge >= 0.3 is 0 Å². The van der Waals surface area contributed by atoms with E-state index >= 15 is 0 Å². The molecule has 1 N–H and O–H groups in total. The maximum atomic E-state index is 12.1. The predicted molar refractivity (Wildman–Crippen MR) is 94.4 cm³/mol. The third-order valence-corrected chi connectivity index (χ3v) is 4.43. The summed E-state index contributed by atoms with van der Waals surface area (Å²) in [4.78, 5) is 37.6. The van der Waals surface area contributed by atoms with E-state index in [1.165, 1.54) is 7.11 Å². The van der Waals surface area contributed by atoms with Crippen molar-refractivity contribution in [3.8, 4) is 0 Å². The van der Waals surface area contributed by atoms with Crippen molar-refractivity contribution >= 4 is 17.6 Å². The molecular weight excluding hydrogens is 320 g/mol. The molecule has 2 rings (SSSR count). The molecule has 1 aromatic carbocycles. The highest BCUT2D eigenvalue weighted by atomic mass is 16.5. The Balaban J connectivity index is 1.70. The number of likely N-dealkylation sites (tertiary alicyclic amines) is 1. The van der Waals surface area contributed by atoms with Gasteiger partial charge in [-0.1, -0.05) is 29.8 Å². The number of ether oxygens (including phenoxy) is 1. The maximum absolute atomic E-state index is 12.1. The molecule has 0 bridgehead atoms. The fourth-order valence-corrected chi connectivity index (χ4v) is 2.90. The molecule has 136 valence electrons. The van der Waals surface area contributed by atoms with Crippen LogP contribution in [0.4, 0.5) is 0 Å². The van der Waals surface area contributed by atoms with Gasteiger partial charge in [0, 0.05) is 44.6 Å². The Hall–Kier alpha value is -2.21. The Labute approximate surface area is 148 Å². The number of carbonyl (C=O) groups excluding carboxylic acids is 3. The lowest BCUT2D eigenvalue weighted by Crippen LogP contribution is -2.47. The number of nitrogens with zero attached hydrogens (tertiary/aromatic N) is 1. The van der Waals surface area contributed by atoms with Gasteiger partial charge in [-0.15, -0.1) is 0 Å². The van der Waals surface area contributed by atoms with Gasteiger partial charge in [0.25, 0.3) is 0 Å². The number of Topliss-reactive ketones (excluding diaryl/α,β-unsaturated/α-hetero) is 1. The van der Waals surface area contributed by atoms with Gasteiger partial charge in [-0.2, -0.15) is 0 Å². The first-order valence-electron chi connectivity index (χ1n) is 8.65.